The molecule has 8 heteroatoms. The van der Waals surface area contributed by atoms with Crippen molar-refractivity contribution in [1.29, 1.82) is 0 Å². The van der Waals surface area contributed by atoms with Gasteiger partial charge in [-0.25, -0.2) is 9.78 Å². The Balaban J connectivity index is 1.85. The molecule has 140 valence electrons. The van der Waals surface area contributed by atoms with E-state index < -0.39 is 17.7 Å². The van der Waals surface area contributed by atoms with Crippen molar-refractivity contribution in [2.75, 3.05) is 6.54 Å². The molecule has 0 unspecified atom stereocenters. The molecular weight excluding hydrogens is 338 g/mol. The Labute approximate surface area is 151 Å². The third-order valence-corrected chi connectivity index (χ3v) is 3.31. The fraction of sp³-hybridized carbons (Fsp3) is 0.444. The molecule has 0 atom stereocenters. The molecule has 0 aliphatic heterocycles. The molecule has 1 amide bonds. The van der Waals surface area contributed by atoms with E-state index in [0.717, 1.165) is 5.69 Å². The molecule has 1 N–H and O–H groups in total. The molecule has 0 radical (unpaired) electrons. The number of fused-ring (bicyclic) bond motifs is 1. The molecule has 0 saturated heterocycles. The highest BCUT2D eigenvalue weighted by Crippen LogP contribution is 2.06. The summed E-state index contributed by atoms with van der Waals surface area (Å²) in [5, 5.41) is 2.48. The summed E-state index contributed by atoms with van der Waals surface area (Å²) in [5.41, 5.74) is 0.811. The van der Waals surface area contributed by atoms with E-state index in [-0.39, 0.29) is 25.1 Å². The lowest BCUT2D eigenvalue weighted by atomic mass is 10.2. The normalized spacial score (nSPS) is 11.2. The predicted octanol–water partition coefficient (Wildman–Crippen LogP) is 1.96. The minimum Gasteiger partial charge on any atom is -0.459 e. The first-order valence-corrected chi connectivity index (χ1v) is 8.26. The molecule has 26 heavy (non-hydrogen) atoms. The van der Waals surface area contributed by atoms with Gasteiger partial charge in [0.2, 0.25) is 0 Å². The lowest BCUT2D eigenvalue weighted by Gasteiger charge is -2.19. The molecule has 0 aromatic carbocycles. The van der Waals surface area contributed by atoms with Gasteiger partial charge in [-0.05, 0) is 39.8 Å². The van der Waals surface area contributed by atoms with Crippen LogP contribution in [0.25, 0.3) is 5.65 Å². The molecule has 0 aliphatic rings. The summed E-state index contributed by atoms with van der Waals surface area (Å²) in [6, 6.07) is 6.67. The number of hydrogen-bond acceptors (Lipinski definition) is 6. The van der Waals surface area contributed by atoms with Gasteiger partial charge in [-0.3, -0.25) is 14.0 Å². The van der Waals surface area contributed by atoms with Crippen molar-refractivity contribution in [2.45, 2.75) is 46.3 Å². The third-order valence-electron chi connectivity index (χ3n) is 3.31. The van der Waals surface area contributed by atoms with Crippen LogP contribution in [0.4, 0.5) is 4.79 Å². The maximum atomic E-state index is 12.1. The van der Waals surface area contributed by atoms with Gasteiger partial charge in [0.15, 0.2) is 0 Å². The number of hydrogen-bond donors (Lipinski definition) is 1. The topological polar surface area (TPSA) is 99.0 Å². The van der Waals surface area contributed by atoms with Crippen LogP contribution in [0.5, 0.6) is 0 Å². The van der Waals surface area contributed by atoms with E-state index in [9.17, 15) is 14.4 Å². The van der Waals surface area contributed by atoms with Crippen LogP contribution in [-0.2, 0) is 20.9 Å². The number of amides is 1. The number of pyridine rings is 1. The summed E-state index contributed by atoms with van der Waals surface area (Å²) >= 11 is 0. The highest BCUT2D eigenvalue weighted by Gasteiger charge is 2.16. The van der Waals surface area contributed by atoms with Crippen LogP contribution in [0, 0.1) is 6.92 Å². The molecule has 2 rings (SSSR count). The number of nitrogens with zero attached hydrogens (tertiary/aromatic N) is 2. The quantitative estimate of drug-likeness (QED) is 0.818. The number of alkyl carbamates (subject to hydrolysis) is 1. The number of carbonyl (C=O) groups excluding carboxylic acids is 2. The van der Waals surface area contributed by atoms with Crippen LogP contribution < -0.4 is 10.9 Å². The maximum absolute atomic E-state index is 12.1. The average Bonchev–Trinajstić information content (AvgIpc) is 2.51. The molecular formula is C18H23N3O5. The van der Waals surface area contributed by atoms with Crippen LogP contribution in [0.3, 0.4) is 0 Å². The van der Waals surface area contributed by atoms with Crippen LogP contribution >= 0.6 is 0 Å². The standard InChI is InChI=1S/C18H23N3O5/c1-12-6-5-7-14-20-13(10-15(22)21(12)14)11-25-16(23)8-9-19-17(24)26-18(2,3)4/h5-7,10H,8-9,11H2,1-4H3,(H,19,24). The van der Waals surface area contributed by atoms with E-state index in [4.69, 9.17) is 9.47 Å². The Morgan fingerprint density at radius 1 is 1.27 bits per heavy atom. The number of carbonyl (C=O) groups is 2. The third kappa shape index (κ3) is 5.58. The Hall–Kier alpha value is -2.90. The molecule has 2 heterocycles. The van der Waals surface area contributed by atoms with E-state index in [0.29, 0.717) is 11.3 Å². The van der Waals surface area contributed by atoms with Crippen LogP contribution in [-0.4, -0.2) is 33.6 Å². The largest absolute Gasteiger partial charge is 0.459 e. The SMILES string of the molecule is Cc1cccc2nc(COC(=O)CCNC(=O)OC(C)(C)C)cc(=O)n12. The monoisotopic (exact) mass is 361 g/mol. The van der Waals surface area contributed by atoms with Crippen molar-refractivity contribution in [2.24, 2.45) is 0 Å². The Morgan fingerprint density at radius 3 is 2.69 bits per heavy atom. The summed E-state index contributed by atoms with van der Waals surface area (Å²) in [4.78, 5) is 39.7. The number of ether oxygens (including phenoxy) is 2. The summed E-state index contributed by atoms with van der Waals surface area (Å²) in [7, 11) is 0. The van der Waals surface area contributed by atoms with Gasteiger partial charge in [0.1, 0.15) is 17.9 Å². The Kier molecular flexibility index (Phi) is 5.97. The van der Waals surface area contributed by atoms with Crippen molar-refractivity contribution < 1.29 is 19.1 Å². The number of esters is 1. The second-order valence-electron chi connectivity index (χ2n) is 6.79. The molecule has 0 bridgehead atoms. The molecule has 0 fully saturated rings. The van der Waals surface area contributed by atoms with Gasteiger partial charge in [-0.15, -0.1) is 0 Å². The number of rotatable bonds is 5. The Morgan fingerprint density at radius 2 is 2.00 bits per heavy atom. The highest BCUT2D eigenvalue weighted by molar-refractivity contribution is 5.72. The molecule has 0 saturated carbocycles. The van der Waals surface area contributed by atoms with Crippen LogP contribution in [0.15, 0.2) is 29.1 Å². The van der Waals surface area contributed by atoms with Gasteiger partial charge in [0, 0.05) is 18.3 Å². The number of aryl methyl sites for hydroxylation is 1. The second kappa shape index (κ2) is 7.99. The van der Waals surface area contributed by atoms with Gasteiger partial charge < -0.3 is 14.8 Å². The van der Waals surface area contributed by atoms with Gasteiger partial charge in [0.25, 0.3) is 5.56 Å². The molecule has 2 aromatic heterocycles. The zero-order valence-corrected chi connectivity index (χ0v) is 15.4. The highest BCUT2D eigenvalue weighted by atomic mass is 16.6. The van der Waals surface area contributed by atoms with Gasteiger partial charge in [-0.1, -0.05) is 6.07 Å². The van der Waals surface area contributed by atoms with E-state index in [1.165, 1.54) is 10.5 Å². The predicted molar refractivity (Wildman–Crippen MR) is 94.8 cm³/mol. The molecule has 8 nitrogen and oxygen atoms in total. The second-order valence-corrected chi connectivity index (χ2v) is 6.79. The fourth-order valence-corrected chi connectivity index (χ4v) is 2.25. The van der Waals surface area contributed by atoms with Crippen molar-refractivity contribution in [3.8, 4) is 0 Å². The maximum Gasteiger partial charge on any atom is 0.407 e. The van der Waals surface area contributed by atoms with Crippen molar-refractivity contribution in [1.82, 2.24) is 14.7 Å². The minimum atomic E-state index is -0.598. The number of aromatic nitrogens is 2. The average molecular weight is 361 g/mol. The van der Waals surface area contributed by atoms with E-state index >= 15 is 0 Å². The van der Waals surface area contributed by atoms with Gasteiger partial charge in [-0.2, -0.15) is 0 Å². The zero-order chi connectivity index (χ0) is 19.3. The fourth-order valence-electron chi connectivity index (χ4n) is 2.25. The van der Waals surface area contributed by atoms with E-state index in [1.807, 2.05) is 13.0 Å². The van der Waals surface area contributed by atoms with E-state index in [2.05, 4.69) is 10.3 Å². The summed E-state index contributed by atoms with van der Waals surface area (Å²) in [6.45, 7) is 7.06. The van der Waals surface area contributed by atoms with Crippen molar-refractivity contribution >= 4 is 17.7 Å². The van der Waals surface area contributed by atoms with Crippen molar-refractivity contribution in [3.63, 3.8) is 0 Å². The zero-order valence-electron chi connectivity index (χ0n) is 15.4. The van der Waals surface area contributed by atoms with E-state index in [1.54, 1.807) is 32.9 Å². The van der Waals surface area contributed by atoms with Gasteiger partial charge in [0.05, 0.1) is 12.1 Å². The lowest BCUT2D eigenvalue weighted by Crippen LogP contribution is -2.33. The van der Waals surface area contributed by atoms with Crippen molar-refractivity contribution in [3.05, 3.63) is 46.0 Å². The van der Waals surface area contributed by atoms with Crippen LogP contribution in [0.2, 0.25) is 0 Å². The molecule has 2 aromatic rings. The smallest absolute Gasteiger partial charge is 0.407 e. The first kappa shape index (κ1) is 19.4. The van der Waals surface area contributed by atoms with Gasteiger partial charge >= 0.3 is 12.1 Å². The minimum absolute atomic E-state index is 0.00901. The summed E-state index contributed by atoms with van der Waals surface area (Å²) in [6.07, 6.45) is -0.602. The van der Waals surface area contributed by atoms with Crippen LogP contribution in [0.1, 0.15) is 38.6 Å². The lowest BCUT2D eigenvalue weighted by molar-refractivity contribution is -0.144. The molecule has 0 aliphatic carbocycles. The number of nitrogens with one attached hydrogen (secondary N) is 1. The summed E-state index contributed by atoms with van der Waals surface area (Å²) < 4.78 is 11.6. The molecule has 0 spiro atoms. The summed E-state index contributed by atoms with van der Waals surface area (Å²) in [5.74, 6) is -0.507. The first-order chi connectivity index (χ1) is 12.2. The first-order valence-electron chi connectivity index (χ1n) is 8.26. The Bertz CT molecular complexity index is 867.